The number of nitrogens with two attached hydrogens (primary N) is 1. The Balaban J connectivity index is 2.16. The van der Waals surface area contributed by atoms with Crippen molar-refractivity contribution in [3.63, 3.8) is 0 Å². The van der Waals surface area contributed by atoms with Crippen molar-refractivity contribution in [1.82, 2.24) is 5.43 Å². The summed E-state index contributed by atoms with van der Waals surface area (Å²) in [7, 11) is 0. The highest BCUT2D eigenvalue weighted by atomic mass is 19.4. The molecule has 1 aliphatic heterocycles. The van der Waals surface area contributed by atoms with Crippen LogP contribution in [0.3, 0.4) is 0 Å². The Morgan fingerprint density at radius 1 is 1.28 bits per heavy atom. The minimum Gasteiger partial charge on any atom is -0.376 e. The van der Waals surface area contributed by atoms with Crippen LogP contribution in [0.4, 0.5) is 13.2 Å². The van der Waals surface area contributed by atoms with E-state index in [1.165, 1.54) is 12.1 Å². The molecule has 2 atom stereocenters. The van der Waals surface area contributed by atoms with E-state index < -0.39 is 11.7 Å². The SMILES string of the molecule is NNC(c1ccc(C(F)(F)F)cc1)C1CCCO1. The van der Waals surface area contributed by atoms with E-state index >= 15 is 0 Å². The van der Waals surface area contributed by atoms with Crippen LogP contribution in [-0.2, 0) is 10.9 Å². The highest BCUT2D eigenvalue weighted by Gasteiger charge is 2.31. The van der Waals surface area contributed by atoms with Crippen LogP contribution in [0, 0.1) is 0 Å². The summed E-state index contributed by atoms with van der Waals surface area (Å²) in [6, 6.07) is 4.74. The molecule has 6 heteroatoms. The third kappa shape index (κ3) is 2.82. The Morgan fingerprint density at radius 2 is 1.94 bits per heavy atom. The van der Waals surface area contributed by atoms with Gasteiger partial charge in [0, 0.05) is 6.61 Å². The van der Waals surface area contributed by atoms with Crippen LogP contribution in [0.15, 0.2) is 24.3 Å². The smallest absolute Gasteiger partial charge is 0.376 e. The summed E-state index contributed by atoms with van der Waals surface area (Å²) in [6.45, 7) is 0.670. The van der Waals surface area contributed by atoms with Gasteiger partial charge in [0.1, 0.15) is 0 Å². The molecule has 1 heterocycles. The molecule has 2 rings (SSSR count). The molecule has 0 radical (unpaired) electrons. The van der Waals surface area contributed by atoms with Crippen molar-refractivity contribution in [2.24, 2.45) is 5.84 Å². The van der Waals surface area contributed by atoms with Crippen molar-refractivity contribution in [2.45, 2.75) is 31.2 Å². The molecular weight excluding hydrogens is 245 g/mol. The number of alkyl halides is 3. The second-order valence-corrected chi connectivity index (χ2v) is 4.32. The Kier molecular flexibility index (Phi) is 3.89. The van der Waals surface area contributed by atoms with Crippen molar-refractivity contribution < 1.29 is 17.9 Å². The average molecular weight is 260 g/mol. The summed E-state index contributed by atoms with van der Waals surface area (Å²) in [5, 5.41) is 0. The van der Waals surface area contributed by atoms with E-state index in [2.05, 4.69) is 5.43 Å². The van der Waals surface area contributed by atoms with E-state index in [4.69, 9.17) is 10.6 Å². The Labute approximate surface area is 103 Å². The Bertz CT molecular complexity index is 385. The average Bonchev–Trinajstić information content (AvgIpc) is 2.83. The summed E-state index contributed by atoms with van der Waals surface area (Å²) >= 11 is 0. The van der Waals surface area contributed by atoms with Gasteiger partial charge in [0.15, 0.2) is 0 Å². The van der Waals surface area contributed by atoms with Gasteiger partial charge < -0.3 is 4.74 Å². The predicted octanol–water partition coefficient (Wildman–Crippen LogP) is 2.39. The number of hydrazine groups is 1. The number of hydrogen-bond acceptors (Lipinski definition) is 3. The Hall–Kier alpha value is -1.11. The second kappa shape index (κ2) is 5.26. The molecule has 0 aromatic heterocycles. The first-order valence-corrected chi connectivity index (χ1v) is 5.77. The molecule has 0 bridgehead atoms. The topological polar surface area (TPSA) is 47.3 Å². The largest absolute Gasteiger partial charge is 0.416 e. The van der Waals surface area contributed by atoms with Gasteiger partial charge in [0.05, 0.1) is 17.7 Å². The summed E-state index contributed by atoms with van der Waals surface area (Å²) in [6.07, 6.45) is -2.58. The van der Waals surface area contributed by atoms with E-state index in [1.807, 2.05) is 0 Å². The third-order valence-corrected chi connectivity index (χ3v) is 3.11. The highest BCUT2D eigenvalue weighted by molar-refractivity contribution is 5.27. The van der Waals surface area contributed by atoms with Crippen LogP contribution >= 0.6 is 0 Å². The molecule has 100 valence electrons. The Morgan fingerprint density at radius 3 is 2.39 bits per heavy atom. The normalized spacial score (nSPS) is 22.1. The van der Waals surface area contributed by atoms with Gasteiger partial charge in [0.25, 0.3) is 0 Å². The summed E-state index contributed by atoms with van der Waals surface area (Å²) < 4.78 is 42.8. The van der Waals surface area contributed by atoms with Crippen molar-refractivity contribution in [1.29, 1.82) is 0 Å². The minimum absolute atomic E-state index is 0.0771. The number of halogens is 3. The van der Waals surface area contributed by atoms with Gasteiger partial charge in [-0.05, 0) is 30.5 Å². The lowest BCUT2D eigenvalue weighted by Crippen LogP contribution is -2.36. The van der Waals surface area contributed by atoms with E-state index in [0.29, 0.717) is 12.2 Å². The first kappa shape index (κ1) is 13.3. The van der Waals surface area contributed by atoms with E-state index in [9.17, 15) is 13.2 Å². The summed E-state index contributed by atoms with van der Waals surface area (Å²) in [5.41, 5.74) is 2.66. The maximum Gasteiger partial charge on any atom is 0.416 e. The molecule has 1 fully saturated rings. The van der Waals surface area contributed by atoms with Crippen LogP contribution in [0.5, 0.6) is 0 Å². The molecule has 18 heavy (non-hydrogen) atoms. The van der Waals surface area contributed by atoms with Crippen LogP contribution < -0.4 is 11.3 Å². The maximum atomic E-state index is 12.4. The lowest BCUT2D eigenvalue weighted by Gasteiger charge is -2.22. The van der Waals surface area contributed by atoms with Gasteiger partial charge in [-0.25, -0.2) is 0 Å². The lowest BCUT2D eigenvalue weighted by atomic mass is 9.99. The fourth-order valence-corrected chi connectivity index (χ4v) is 2.16. The molecule has 2 unspecified atom stereocenters. The first-order chi connectivity index (χ1) is 8.52. The number of benzene rings is 1. The summed E-state index contributed by atoms with van der Waals surface area (Å²) in [5.74, 6) is 5.46. The van der Waals surface area contributed by atoms with Gasteiger partial charge in [-0.2, -0.15) is 13.2 Å². The molecule has 0 aliphatic carbocycles. The molecule has 1 aliphatic rings. The third-order valence-electron chi connectivity index (χ3n) is 3.11. The predicted molar refractivity (Wildman–Crippen MR) is 60.5 cm³/mol. The molecule has 1 aromatic rings. The van der Waals surface area contributed by atoms with Gasteiger partial charge >= 0.3 is 6.18 Å². The molecule has 1 saturated heterocycles. The number of nitrogens with one attached hydrogen (secondary N) is 1. The highest BCUT2D eigenvalue weighted by Crippen LogP contribution is 2.31. The van der Waals surface area contributed by atoms with E-state index in [0.717, 1.165) is 25.0 Å². The maximum absolute atomic E-state index is 12.4. The van der Waals surface area contributed by atoms with Crippen LogP contribution in [0.25, 0.3) is 0 Å². The standard InChI is InChI=1S/C12H15F3N2O/c13-12(14,15)9-5-3-8(4-6-9)11(17-16)10-2-1-7-18-10/h3-6,10-11,17H,1-2,7,16H2. The van der Waals surface area contributed by atoms with Crippen molar-refractivity contribution >= 4 is 0 Å². The monoisotopic (exact) mass is 260 g/mol. The number of rotatable bonds is 3. The van der Waals surface area contributed by atoms with E-state index in [1.54, 1.807) is 0 Å². The second-order valence-electron chi connectivity index (χ2n) is 4.32. The first-order valence-electron chi connectivity index (χ1n) is 5.77. The molecule has 3 nitrogen and oxygen atoms in total. The number of ether oxygens (including phenoxy) is 1. The van der Waals surface area contributed by atoms with Gasteiger partial charge in [-0.3, -0.25) is 11.3 Å². The fraction of sp³-hybridized carbons (Fsp3) is 0.500. The summed E-state index contributed by atoms with van der Waals surface area (Å²) in [4.78, 5) is 0. The van der Waals surface area contributed by atoms with Gasteiger partial charge in [-0.1, -0.05) is 12.1 Å². The fourth-order valence-electron chi connectivity index (χ4n) is 2.16. The van der Waals surface area contributed by atoms with Gasteiger partial charge in [-0.15, -0.1) is 0 Å². The molecular formula is C12H15F3N2O. The zero-order chi connectivity index (χ0) is 13.2. The van der Waals surface area contributed by atoms with Gasteiger partial charge in [0.2, 0.25) is 0 Å². The minimum atomic E-state index is -4.31. The molecule has 0 saturated carbocycles. The number of hydrogen-bond donors (Lipinski definition) is 2. The lowest BCUT2D eigenvalue weighted by molar-refractivity contribution is -0.137. The molecule has 0 amide bonds. The van der Waals surface area contributed by atoms with Crippen LogP contribution in [-0.4, -0.2) is 12.7 Å². The quantitative estimate of drug-likeness (QED) is 0.648. The molecule has 1 aromatic carbocycles. The zero-order valence-electron chi connectivity index (χ0n) is 9.70. The van der Waals surface area contributed by atoms with Crippen molar-refractivity contribution in [2.75, 3.05) is 6.61 Å². The van der Waals surface area contributed by atoms with E-state index in [-0.39, 0.29) is 12.1 Å². The van der Waals surface area contributed by atoms with Crippen LogP contribution in [0.2, 0.25) is 0 Å². The van der Waals surface area contributed by atoms with Crippen LogP contribution in [0.1, 0.15) is 30.0 Å². The molecule has 3 N–H and O–H groups in total. The zero-order valence-corrected chi connectivity index (χ0v) is 9.70. The van der Waals surface area contributed by atoms with Crippen molar-refractivity contribution in [3.05, 3.63) is 35.4 Å². The molecule has 0 spiro atoms. The van der Waals surface area contributed by atoms with Crippen molar-refractivity contribution in [3.8, 4) is 0 Å².